The lowest BCUT2D eigenvalue weighted by molar-refractivity contribution is -0.750. The zero-order valence-electron chi connectivity index (χ0n) is 7.28. The van der Waals surface area contributed by atoms with Crippen molar-refractivity contribution >= 4 is 12.0 Å². The third-order valence-corrected chi connectivity index (χ3v) is 1.34. The van der Waals surface area contributed by atoms with Crippen LogP contribution in [-0.2, 0) is 0 Å². The molecule has 1 aromatic carbocycles. The Morgan fingerprint density at radius 3 is 2.58 bits per heavy atom. The van der Waals surface area contributed by atoms with Crippen LogP contribution >= 0.6 is 0 Å². The molecule has 2 N–H and O–H groups in total. The highest BCUT2D eigenvalue weighted by Gasteiger charge is 1.95. The van der Waals surface area contributed by atoms with Crippen LogP contribution in [0.25, 0.3) is 0 Å². The Kier molecular flexibility index (Phi) is 2.82. The molecule has 0 saturated heterocycles. The van der Waals surface area contributed by atoms with Crippen molar-refractivity contribution in [1.82, 2.24) is 0 Å². The summed E-state index contributed by atoms with van der Waals surface area (Å²) >= 11 is 0. The van der Waals surface area contributed by atoms with E-state index in [0.29, 0.717) is 5.69 Å². The van der Waals surface area contributed by atoms with Gasteiger partial charge in [-0.25, -0.2) is 0 Å². The second kappa shape index (κ2) is 3.88. The van der Waals surface area contributed by atoms with Crippen LogP contribution in [0.15, 0.2) is 29.3 Å². The third-order valence-electron chi connectivity index (χ3n) is 1.34. The van der Waals surface area contributed by atoms with Gasteiger partial charge in [-0.15, -0.1) is 0 Å². The van der Waals surface area contributed by atoms with Crippen molar-refractivity contribution in [3.8, 4) is 5.75 Å². The lowest BCUT2D eigenvalue weighted by atomic mass is 10.3. The number of hydrogen-bond acceptors (Lipinski definition) is 2. The van der Waals surface area contributed by atoms with Crippen LogP contribution in [0.3, 0.4) is 0 Å². The minimum atomic E-state index is 0.218. The van der Waals surface area contributed by atoms with Gasteiger partial charge < -0.3 is 5.11 Å². The largest absolute Gasteiger partial charge is 0.506 e. The molecule has 0 spiro atoms. The summed E-state index contributed by atoms with van der Waals surface area (Å²) in [5, 5.41) is 9.30. The molecule has 0 bridgehead atoms. The monoisotopic (exact) mass is 165 g/mol. The molecule has 64 valence electrons. The van der Waals surface area contributed by atoms with E-state index >= 15 is 0 Å². The minimum Gasteiger partial charge on any atom is -0.506 e. The highest BCUT2D eigenvalue weighted by atomic mass is 16.3. The van der Waals surface area contributed by atoms with Gasteiger partial charge >= 0.3 is 0 Å². The van der Waals surface area contributed by atoms with Crippen LogP contribution in [0.5, 0.6) is 5.75 Å². The predicted octanol–water partition coefficient (Wildman–Crippen LogP) is 0.196. The van der Waals surface area contributed by atoms with E-state index in [1.807, 2.05) is 20.2 Å². The maximum Gasteiger partial charge on any atom is 0.188 e. The highest BCUT2D eigenvalue weighted by molar-refractivity contribution is 5.59. The number of nitrogens with one attached hydrogen (secondary N) is 1. The number of hydrogen-bond donors (Lipinski definition) is 2. The molecule has 0 atom stereocenters. The maximum absolute atomic E-state index is 9.30. The summed E-state index contributed by atoms with van der Waals surface area (Å²) in [6.07, 6.45) is 1.73. The molecule has 0 heterocycles. The second-order valence-electron chi connectivity index (χ2n) is 2.82. The molecule has 0 unspecified atom stereocenters. The minimum absolute atomic E-state index is 0.218. The summed E-state index contributed by atoms with van der Waals surface area (Å²) < 4.78 is 0. The van der Waals surface area contributed by atoms with Crippen molar-refractivity contribution in [3.05, 3.63) is 24.3 Å². The molecule has 0 fully saturated rings. The number of para-hydroxylation sites is 2. The zero-order chi connectivity index (χ0) is 8.97. The van der Waals surface area contributed by atoms with Crippen LogP contribution in [0.1, 0.15) is 0 Å². The Hall–Kier alpha value is -1.35. The number of phenolic OH excluding ortho intramolecular Hbond substituents is 1. The van der Waals surface area contributed by atoms with Crippen molar-refractivity contribution in [2.45, 2.75) is 0 Å². The van der Waals surface area contributed by atoms with Crippen LogP contribution < -0.4 is 4.90 Å². The van der Waals surface area contributed by atoms with Gasteiger partial charge in [0.2, 0.25) is 0 Å². The number of aliphatic imine (C=N–C) groups is 1. The van der Waals surface area contributed by atoms with E-state index < -0.39 is 0 Å². The molecule has 3 heteroatoms. The summed E-state index contributed by atoms with van der Waals surface area (Å²) in [6.45, 7) is 0. The number of nitrogens with zero attached hydrogens (tertiary/aromatic N) is 1. The quantitative estimate of drug-likeness (QED) is 0.476. The van der Waals surface area contributed by atoms with Crippen LogP contribution in [0, 0.1) is 0 Å². The molecule has 3 nitrogen and oxygen atoms in total. The topological polar surface area (TPSA) is 37.0 Å². The first-order valence-corrected chi connectivity index (χ1v) is 3.82. The van der Waals surface area contributed by atoms with Crippen molar-refractivity contribution in [3.63, 3.8) is 0 Å². The van der Waals surface area contributed by atoms with E-state index in [1.54, 1.807) is 24.5 Å². The molecular formula is C9H13N2O+. The fraction of sp³-hybridized carbons (Fsp3) is 0.222. The fourth-order valence-electron chi connectivity index (χ4n) is 0.772. The number of aromatic hydroxyl groups is 1. The molecule has 1 aromatic rings. The van der Waals surface area contributed by atoms with Crippen LogP contribution in [-0.4, -0.2) is 25.5 Å². The first-order chi connectivity index (χ1) is 5.70. The molecule has 0 amide bonds. The van der Waals surface area contributed by atoms with Gasteiger partial charge in [0.1, 0.15) is 11.4 Å². The molecule has 0 aliphatic rings. The number of benzene rings is 1. The standard InChI is InChI=1S/C9H12N2O/c1-11(2)7-10-8-5-3-4-6-9(8)12/h3-7,12H,1-2H3/p+1. The van der Waals surface area contributed by atoms with Gasteiger partial charge in [0.15, 0.2) is 6.34 Å². The van der Waals surface area contributed by atoms with Gasteiger partial charge in [0, 0.05) is 0 Å². The van der Waals surface area contributed by atoms with Gasteiger partial charge in [0.05, 0.1) is 14.1 Å². The molecule has 0 aliphatic carbocycles. The van der Waals surface area contributed by atoms with Crippen molar-refractivity contribution in [2.75, 3.05) is 14.1 Å². The van der Waals surface area contributed by atoms with E-state index in [9.17, 15) is 5.11 Å². The fourth-order valence-corrected chi connectivity index (χ4v) is 0.772. The smallest absolute Gasteiger partial charge is 0.188 e. The summed E-state index contributed by atoms with van der Waals surface area (Å²) in [5.41, 5.74) is 0.610. The van der Waals surface area contributed by atoms with Gasteiger partial charge in [-0.3, -0.25) is 4.90 Å². The van der Waals surface area contributed by atoms with Gasteiger partial charge in [-0.05, 0) is 12.1 Å². The van der Waals surface area contributed by atoms with E-state index in [1.165, 1.54) is 0 Å². The predicted molar refractivity (Wildman–Crippen MR) is 49.1 cm³/mol. The SMILES string of the molecule is C[NH+](C)C=Nc1ccccc1O. The third kappa shape index (κ3) is 2.36. The molecular weight excluding hydrogens is 152 g/mol. The Morgan fingerprint density at radius 1 is 1.33 bits per heavy atom. The summed E-state index contributed by atoms with van der Waals surface area (Å²) in [4.78, 5) is 5.20. The molecule has 0 aliphatic heterocycles. The van der Waals surface area contributed by atoms with E-state index in [2.05, 4.69) is 4.99 Å². The van der Waals surface area contributed by atoms with E-state index in [-0.39, 0.29) is 5.75 Å². The summed E-state index contributed by atoms with van der Waals surface area (Å²) in [6, 6.07) is 7.01. The molecule has 0 radical (unpaired) electrons. The first kappa shape index (κ1) is 8.74. The average Bonchev–Trinajstić information content (AvgIpc) is 2.03. The summed E-state index contributed by atoms with van der Waals surface area (Å²) in [7, 11) is 3.92. The van der Waals surface area contributed by atoms with E-state index in [4.69, 9.17) is 0 Å². The van der Waals surface area contributed by atoms with Gasteiger partial charge in [-0.1, -0.05) is 12.1 Å². The lowest BCUT2D eigenvalue weighted by Gasteiger charge is -1.98. The Bertz CT molecular complexity index is 282. The maximum atomic E-state index is 9.30. The molecule has 0 aromatic heterocycles. The Morgan fingerprint density at radius 2 is 2.00 bits per heavy atom. The molecule has 1 rings (SSSR count). The average molecular weight is 165 g/mol. The Balaban J connectivity index is 2.82. The van der Waals surface area contributed by atoms with E-state index in [0.717, 1.165) is 4.90 Å². The van der Waals surface area contributed by atoms with Gasteiger partial charge in [0.25, 0.3) is 0 Å². The van der Waals surface area contributed by atoms with Crippen LogP contribution in [0.4, 0.5) is 5.69 Å². The zero-order valence-corrected chi connectivity index (χ0v) is 7.28. The highest BCUT2D eigenvalue weighted by Crippen LogP contribution is 2.23. The van der Waals surface area contributed by atoms with Crippen LogP contribution in [0.2, 0.25) is 0 Å². The number of quaternary nitrogens is 1. The molecule has 12 heavy (non-hydrogen) atoms. The normalized spacial score (nSPS) is 11.2. The van der Waals surface area contributed by atoms with Crippen molar-refractivity contribution in [1.29, 1.82) is 0 Å². The van der Waals surface area contributed by atoms with Crippen molar-refractivity contribution < 1.29 is 10.0 Å². The Labute approximate surface area is 72.0 Å². The number of phenols is 1. The molecule has 0 saturated carbocycles. The van der Waals surface area contributed by atoms with Gasteiger partial charge in [-0.2, -0.15) is 4.99 Å². The first-order valence-electron chi connectivity index (χ1n) is 3.82. The van der Waals surface area contributed by atoms with Crippen molar-refractivity contribution in [2.24, 2.45) is 4.99 Å². The second-order valence-corrected chi connectivity index (χ2v) is 2.82. The lowest BCUT2D eigenvalue weighted by Crippen LogP contribution is -3.04. The number of rotatable bonds is 2. The summed E-state index contributed by atoms with van der Waals surface area (Å²) in [5.74, 6) is 0.218.